The molecule has 0 fully saturated rings. The summed E-state index contributed by atoms with van der Waals surface area (Å²) in [6.45, 7) is 4.28. The van der Waals surface area contributed by atoms with Gasteiger partial charge >= 0.3 is 6.03 Å². The van der Waals surface area contributed by atoms with Crippen molar-refractivity contribution in [3.05, 3.63) is 70.8 Å². The fourth-order valence-electron chi connectivity index (χ4n) is 2.41. The summed E-state index contributed by atoms with van der Waals surface area (Å²) in [5.41, 5.74) is 8.71. The van der Waals surface area contributed by atoms with Gasteiger partial charge in [0.25, 0.3) is 0 Å². The average Bonchev–Trinajstić information content (AvgIpc) is 2.53. The van der Waals surface area contributed by atoms with Gasteiger partial charge < -0.3 is 16.4 Å². The minimum absolute atomic E-state index is 0.0897. The molecule has 2 aromatic carbocycles. The molecule has 5 nitrogen and oxygen atoms in total. The number of hydrogen-bond acceptors (Lipinski definition) is 2. The summed E-state index contributed by atoms with van der Waals surface area (Å²) < 4.78 is 0. The fourth-order valence-corrected chi connectivity index (χ4v) is 2.41. The third-order valence-corrected chi connectivity index (χ3v) is 3.67. The van der Waals surface area contributed by atoms with E-state index in [-0.39, 0.29) is 12.1 Å². The van der Waals surface area contributed by atoms with Crippen molar-refractivity contribution in [2.45, 2.75) is 26.4 Å². The number of amides is 3. The Labute approximate surface area is 135 Å². The highest BCUT2D eigenvalue weighted by Crippen LogP contribution is 2.16. The van der Waals surface area contributed by atoms with Crippen molar-refractivity contribution in [2.24, 2.45) is 5.73 Å². The molecule has 1 atom stereocenters. The summed E-state index contributed by atoms with van der Waals surface area (Å²) in [4.78, 5) is 23.2. The molecule has 0 radical (unpaired) electrons. The van der Waals surface area contributed by atoms with Crippen LogP contribution in [0.3, 0.4) is 0 Å². The van der Waals surface area contributed by atoms with Crippen molar-refractivity contribution in [3.8, 4) is 0 Å². The van der Waals surface area contributed by atoms with E-state index in [9.17, 15) is 9.59 Å². The number of carbonyl (C=O) groups excluding carboxylic acids is 2. The molecule has 0 saturated carbocycles. The highest BCUT2D eigenvalue weighted by molar-refractivity contribution is 5.92. The molecule has 2 rings (SSSR count). The second kappa shape index (κ2) is 7.45. The third kappa shape index (κ3) is 4.57. The SMILES string of the molecule is Cc1ccccc1C(C)NC(=O)NCc1cccc(C(N)=O)c1. The molecule has 23 heavy (non-hydrogen) atoms. The molecular formula is C18H21N3O2. The normalized spacial score (nSPS) is 11.6. The molecule has 0 aliphatic heterocycles. The molecule has 0 aliphatic rings. The summed E-state index contributed by atoms with van der Waals surface area (Å²) in [7, 11) is 0. The number of nitrogens with two attached hydrogens (primary N) is 1. The van der Waals surface area contributed by atoms with Gasteiger partial charge in [0, 0.05) is 12.1 Å². The molecule has 0 aliphatic carbocycles. The number of benzene rings is 2. The number of urea groups is 1. The van der Waals surface area contributed by atoms with Gasteiger partial charge in [0.15, 0.2) is 0 Å². The first kappa shape index (κ1) is 16.5. The van der Waals surface area contributed by atoms with E-state index in [1.165, 1.54) is 0 Å². The maximum Gasteiger partial charge on any atom is 0.315 e. The van der Waals surface area contributed by atoms with Gasteiger partial charge in [-0.25, -0.2) is 4.79 Å². The topological polar surface area (TPSA) is 84.2 Å². The lowest BCUT2D eigenvalue weighted by Gasteiger charge is -2.17. The first-order valence-electron chi connectivity index (χ1n) is 7.46. The van der Waals surface area contributed by atoms with Gasteiger partial charge in [0.2, 0.25) is 5.91 Å². The Morgan fingerprint density at radius 3 is 2.57 bits per heavy atom. The Hall–Kier alpha value is -2.82. The molecule has 0 spiro atoms. The molecule has 0 saturated heterocycles. The van der Waals surface area contributed by atoms with Crippen molar-refractivity contribution < 1.29 is 9.59 Å². The van der Waals surface area contributed by atoms with Crippen LogP contribution in [-0.2, 0) is 6.54 Å². The van der Waals surface area contributed by atoms with E-state index < -0.39 is 5.91 Å². The van der Waals surface area contributed by atoms with Crippen LogP contribution < -0.4 is 16.4 Å². The molecule has 1 unspecified atom stereocenters. The zero-order valence-corrected chi connectivity index (χ0v) is 13.3. The predicted molar refractivity (Wildman–Crippen MR) is 89.9 cm³/mol. The standard InChI is InChI=1S/C18H21N3O2/c1-12-6-3-4-9-16(12)13(2)21-18(23)20-11-14-7-5-8-15(10-14)17(19)22/h3-10,13H,11H2,1-2H3,(H2,19,22)(H2,20,21,23). The average molecular weight is 311 g/mol. The Morgan fingerprint density at radius 2 is 1.87 bits per heavy atom. The summed E-state index contributed by atoms with van der Waals surface area (Å²) in [5, 5.41) is 5.69. The maximum atomic E-state index is 12.0. The van der Waals surface area contributed by atoms with Crippen LogP contribution in [0.25, 0.3) is 0 Å². The summed E-state index contributed by atoms with van der Waals surface area (Å²) >= 11 is 0. The van der Waals surface area contributed by atoms with Crippen LogP contribution in [0.15, 0.2) is 48.5 Å². The Balaban J connectivity index is 1.91. The largest absolute Gasteiger partial charge is 0.366 e. The predicted octanol–water partition coefficient (Wildman–Crippen LogP) is 2.65. The third-order valence-electron chi connectivity index (χ3n) is 3.67. The Kier molecular flexibility index (Phi) is 5.36. The fraction of sp³-hybridized carbons (Fsp3) is 0.222. The molecule has 0 bridgehead atoms. The van der Waals surface area contributed by atoms with Gasteiger partial charge in [-0.15, -0.1) is 0 Å². The van der Waals surface area contributed by atoms with E-state index in [4.69, 9.17) is 5.73 Å². The molecule has 4 N–H and O–H groups in total. The second-order valence-corrected chi connectivity index (χ2v) is 5.47. The summed E-state index contributed by atoms with van der Waals surface area (Å²) in [6, 6.07) is 14.5. The van der Waals surface area contributed by atoms with Crippen molar-refractivity contribution in [2.75, 3.05) is 0 Å². The molecule has 2 aromatic rings. The quantitative estimate of drug-likeness (QED) is 0.793. The Morgan fingerprint density at radius 1 is 1.13 bits per heavy atom. The smallest absolute Gasteiger partial charge is 0.315 e. The molecular weight excluding hydrogens is 290 g/mol. The first-order valence-corrected chi connectivity index (χ1v) is 7.46. The van der Waals surface area contributed by atoms with Crippen LogP contribution in [0.2, 0.25) is 0 Å². The van der Waals surface area contributed by atoms with Crippen LogP contribution >= 0.6 is 0 Å². The van der Waals surface area contributed by atoms with Gasteiger partial charge in [-0.05, 0) is 42.7 Å². The highest BCUT2D eigenvalue weighted by Gasteiger charge is 2.11. The number of rotatable bonds is 5. The first-order chi connectivity index (χ1) is 11.0. The van der Waals surface area contributed by atoms with Gasteiger partial charge in [0.1, 0.15) is 0 Å². The highest BCUT2D eigenvalue weighted by atomic mass is 16.2. The van der Waals surface area contributed by atoms with E-state index >= 15 is 0 Å². The lowest BCUT2D eigenvalue weighted by Crippen LogP contribution is -2.36. The van der Waals surface area contributed by atoms with E-state index in [0.29, 0.717) is 12.1 Å². The van der Waals surface area contributed by atoms with Crippen LogP contribution in [0.5, 0.6) is 0 Å². The minimum atomic E-state index is -0.482. The van der Waals surface area contributed by atoms with Crippen LogP contribution in [0.1, 0.15) is 40.0 Å². The van der Waals surface area contributed by atoms with E-state index in [0.717, 1.165) is 16.7 Å². The zero-order valence-electron chi connectivity index (χ0n) is 13.3. The van der Waals surface area contributed by atoms with Gasteiger partial charge in [-0.3, -0.25) is 4.79 Å². The van der Waals surface area contributed by atoms with Crippen LogP contribution in [0.4, 0.5) is 4.79 Å². The number of aryl methyl sites for hydroxylation is 1. The van der Waals surface area contributed by atoms with Crippen molar-refractivity contribution in [3.63, 3.8) is 0 Å². The van der Waals surface area contributed by atoms with Gasteiger partial charge in [-0.2, -0.15) is 0 Å². The monoisotopic (exact) mass is 311 g/mol. The van der Waals surface area contributed by atoms with Crippen LogP contribution in [0, 0.1) is 6.92 Å². The molecule has 0 aromatic heterocycles. The summed E-state index contributed by atoms with van der Waals surface area (Å²) in [6.07, 6.45) is 0. The lowest BCUT2D eigenvalue weighted by atomic mass is 10.0. The van der Waals surface area contributed by atoms with Gasteiger partial charge in [-0.1, -0.05) is 36.4 Å². The summed E-state index contributed by atoms with van der Waals surface area (Å²) in [5.74, 6) is -0.482. The van der Waals surface area contributed by atoms with E-state index in [1.807, 2.05) is 44.2 Å². The van der Waals surface area contributed by atoms with E-state index in [1.54, 1.807) is 18.2 Å². The lowest BCUT2D eigenvalue weighted by molar-refractivity contribution is 0.1000. The Bertz CT molecular complexity index is 713. The second-order valence-electron chi connectivity index (χ2n) is 5.47. The van der Waals surface area contributed by atoms with Crippen molar-refractivity contribution in [1.29, 1.82) is 0 Å². The number of nitrogens with one attached hydrogen (secondary N) is 2. The molecule has 120 valence electrons. The molecule has 3 amide bonds. The van der Waals surface area contributed by atoms with Crippen LogP contribution in [-0.4, -0.2) is 11.9 Å². The van der Waals surface area contributed by atoms with Gasteiger partial charge in [0.05, 0.1) is 6.04 Å². The molecule has 5 heteroatoms. The van der Waals surface area contributed by atoms with Crippen molar-refractivity contribution >= 4 is 11.9 Å². The number of primary amides is 1. The minimum Gasteiger partial charge on any atom is -0.366 e. The number of hydrogen-bond donors (Lipinski definition) is 3. The molecule has 0 heterocycles. The maximum absolute atomic E-state index is 12.0. The number of carbonyl (C=O) groups is 2. The van der Waals surface area contributed by atoms with Crippen molar-refractivity contribution in [1.82, 2.24) is 10.6 Å². The zero-order chi connectivity index (χ0) is 16.8. The van der Waals surface area contributed by atoms with E-state index in [2.05, 4.69) is 10.6 Å².